The highest BCUT2D eigenvalue weighted by Gasteiger charge is 2.00. The predicted molar refractivity (Wildman–Crippen MR) is 56.2 cm³/mol. The Morgan fingerprint density at radius 1 is 1.45 bits per heavy atom. The molecule has 0 aliphatic heterocycles. The maximum Gasteiger partial charge on any atom is 0.00160 e. The zero-order valence-electron chi connectivity index (χ0n) is 7.97. The molecule has 0 fully saturated rings. The second-order valence-corrected chi connectivity index (χ2v) is 4.64. The number of rotatable bonds is 6. The Bertz CT molecular complexity index is 99.0. The van der Waals surface area contributed by atoms with Gasteiger partial charge >= 0.3 is 0 Å². The third kappa shape index (κ3) is 6.49. The van der Waals surface area contributed by atoms with E-state index in [1.54, 1.807) is 0 Å². The molecule has 2 unspecified atom stereocenters. The number of hydrogen-bond donors (Lipinski definition) is 0. The van der Waals surface area contributed by atoms with Crippen molar-refractivity contribution in [2.45, 2.75) is 38.9 Å². The van der Waals surface area contributed by atoms with E-state index in [0.29, 0.717) is 5.92 Å². The third-order valence-corrected chi connectivity index (χ3v) is 3.33. The minimum absolute atomic E-state index is 0.687. The van der Waals surface area contributed by atoms with Crippen LogP contribution in [0, 0.1) is 5.92 Å². The molecule has 0 amide bonds. The topological polar surface area (TPSA) is 0 Å². The van der Waals surface area contributed by atoms with E-state index in [-0.39, 0.29) is 0 Å². The number of allylic oxidation sites excluding steroid dienone is 1. The minimum Gasteiger partial charge on any atom is -0.159 e. The van der Waals surface area contributed by atoms with Crippen LogP contribution in [0.25, 0.3) is 0 Å². The van der Waals surface area contributed by atoms with Crippen molar-refractivity contribution in [3.05, 3.63) is 12.7 Å². The summed E-state index contributed by atoms with van der Waals surface area (Å²) >= 11 is 2.07. The zero-order chi connectivity index (χ0) is 8.69. The fraction of sp³-hybridized carbons (Fsp3) is 0.800. The smallest absolute Gasteiger partial charge is 0.00160 e. The maximum atomic E-state index is 3.77. The molecule has 11 heavy (non-hydrogen) atoms. The predicted octanol–water partition coefficient (Wildman–Crippen LogP) is 3.73. The quantitative estimate of drug-likeness (QED) is 0.550. The van der Waals surface area contributed by atoms with Gasteiger partial charge in [-0.1, -0.05) is 26.8 Å². The second kappa shape index (κ2) is 6.78. The molecule has 0 aromatic carbocycles. The number of thioether (sulfide) groups is 1. The Hall–Kier alpha value is 0.0900. The van der Waals surface area contributed by atoms with Gasteiger partial charge in [0.1, 0.15) is 0 Å². The molecule has 0 rings (SSSR count). The highest BCUT2D eigenvalue weighted by molar-refractivity contribution is 7.99. The van der Waals surface area contributed by atoms with Gasteiger partial charge in [-0.25, -0.2) is 0 Å². The first-order valence-corrected chi connectivity index (χ1v) is 5.49. The van der Waals surface area contributed by atoms with Crippen molar-refractivity contribution in [1.82, 2.24) is 0 Å². The fourth-order valence-electron chi connectivity index (χ4n) is 0.691. The average Bonchev–Trinajstić information content (AvgIpc) is 2.04. The second-order valence-electron chi connectivity index (χ2n) is 3.09. The van der Waals surface area contributed by atoms with Crippen LogP contribution in [-0.4, -0.2) is 11.0 Å². The van der Waals surface area contributed by atoms with Crippen molar-refractivity contribution in [2.24, 2.45) is 5.92 Å². The molecule has 0 saturated carbocycles. The van der Waals surface area contributed by atoms with E-state index < -0.39 is 0 Å². The summed E-state index contributed by atoms with van der Waals surface area (Å²) in [6.45, 7) is 10.5. The van der Waals surface area contributed by atoms with E-state index in [0.717, 1.165) is 5.25 Å². The molecule has 0 nitrogen and oxygen atoms in total. The van der Waals surface area contributed by atoms with Gasteiger partial charge < -0.3 is 0 Å². The van der Waals surface area contributed by atoms with Gasteiger partial charge in [-0.3, -0.25) is 0 Å². The van der Waals surface area contributed by atoms with Crippen LogP contribution in [0.15, 0.2) is 12.7 Å². The first kappa shape index (κ1) is 11.1. The molecule has 0 radical (unpaired) electrons. The Labute approximate surface area is 75.5 Å². The molecule has 0 aliphatic rings. The van der Waals surface area contributed by atoms with Crippen molar-refractivity contribution in [1.29, 1.82) is 0 Å². The first-order valence-electron chi connectivity index (χ1n) is 4.44. The molecule has 66 valence electrons. The van der Waals surface area contributed by atoms with Gasteiger partial charge in [0, 0.05) is 5.25 Å². The SMILES string of the molecule is C=CC(C)CCSC(C)CC. The molecular formula is C10H20S. The van der Waals surface area contributed by atoms with Crippen LogP contribution < -0.4 is 0 Å². The van der Waals surface area contributed by atoms with Crippen LogP contribution in [0.4, 0.5) is 0 Å². The van der Waals surface area contributed by atoms with E-state index in [4.69, 9.17) is 0 Å². The van der Waals surface area contributed by atoms with Gasteiger partial charge in [0.2, 0.25) is 0 Å². The monoisotopic (exact) mass is 172 g/mol. The lowest BCUT2D eigenvalue weighted by Crippen LogP contribution is -1.97. The Kier molecular flexibility index (Phi) is 6.83. The summed E-state index contributed by atoms with van der Waals surface area (Å²) in [5.41, 5.74) is 0. The van der Waals surface area contributed by atoms with Crippen LogP contribution in [0.3, 0.4) is 0 Å². The molecule has 0 spiro atoms. The summed E-state index contributed by atoms with van der Waals surface area (Å²) in [7, 11) is 0. The molecule has 0 bridgehead atoms. The summed E-state index contributed by atoms with van der Waals surface area (Å²) in [5, 5.41) is 0.826. The lowest BCUT2D eigenvalue weighted by molar-refractivity contribution is 0.705. The summed E-state index contributed by atoms with van der Waals surface area (Å²) in [6.07, 6.45) is 4.60. The molecule has 0 aromatic rings. The molecule has 0 N–H and O–H groups in total. The van der Waals surface area contributed by atoms with E-state index in [1.807, 2.05) is 6.08 Å². The van der Waals surface area contributed by atoms with Gasteiger partial charge in [-0.2, -0.15) is 11.8 Å². The Morgan fingerprint density at radius 2 is 2.09 bits per heavy atom. The third-order valence-electron chi connectivity index (χ3n) is 1.95. The van der Waals surface area contributed by atoms with E-state index in [1.165, 1.54) is 18.6 Å². The molecule has 0 heterocycles. The van der Waals surface area contributed by atoms with Gasteiger partial charge in [-0.15, -0.1) is 6.58 Å². The maximum absolute atomic E-state index is 3.77. The van der Waals surface area contributed by atoms with Gasteiger partial charge in [0.05, 0.1) is 0 Å². The van der Waals surface area contributed by atoms with Crippen LogP contribution in [0.5, 0.6) is 0 Å². The van der Waals surface area contributed by atoms with Crippen LogP contribution in [-0.2, 0) is 0 Å². The highest BCUT2D eigenvalue weighted by atomic mass is 32.2. The van der Waals surface area contributed by atoms with Crippen LogP contribution in [0.2, 0.25) is 0 Å². The number of hydrogen-bond acceptors (Lipinski definition) is 1. The summed E-state index contributed by atoms with van der Waals surface area (Å²) in [5.74, 6) is 1.97. The van der Waals surface area contributed by atoms with E-state index in [9.17, 15) is 0 Å². The van der Waals surface area contributed by atoms with Gasteiger partial charge in [0.25, 0.3) is 0 Å². The van der Waals surface area contributed by atoms with E-state index in [2.05, 4.69) is 39.1 Å². The molecular weight excluding hydrogens is 152 g/mol. The normalized spacial score (nSPS) is 15.9. The van der Waals surface area contributed by atoms with Crippen molar-refractivity contribution < 1.29 is 0 Å². The lowest BCUT2D eigenvalue weighted by Gasteiger charge is -2.09. The van der Waals surface area contributed by atoms with Crippen molar-refractivity contribution in [3.8, 4) is 0 Å². The van der Waals surface area contributed by atoms with Crippen LogP contribution in [0.1, 0.15) is 33.6 Å². The zero-order valence-corrected chi connectivity index (χ0v) is 8.79. The fourth-order valence-corrected chi connectivity index (χ4v) is 1.84. The van der Waals surface area contributed by atoms with Crippen molar-refractivity contribution in [3.63, 3.8) is 0 Å². The van der Waals surface area contributed by atoms with Crippen molar-refractivity contribution >= 4 is 11.8 Å². The van der Waals surface area contributed by atoms with Crippen molar-refractivity contribution in [2.75, 3.05) is 5.75 Å². The summed E-state index contributed by atoms with van der Waals surface area (Å²) in [4.78, 5) is 0. The molecule has 1 heteroatoms. The van der Waals surface area contributed by atoms with Gasteiger partial charge in [-0.05, 0) is 24.5 Å². The van der Waals surface area contributed by atoms with Crippen LogP contribution >= 0.6 is 11.8 Å². The van der Waals surface area contributed by atoms with Gasteiger partial charge in [0.15, 0.2) is 0 Å². The summed E-state index contributed by atoms with van der Waals surface area (Å²) in [6, 6.07) is 0. The largest absolute Gasteiger partial charge is 0.159 e. The lowest BCUT2D eigenvalue weighted by atomic mass is 10.1. The van der Waals surface area contributed by atoms with E-state index >= 15 is 0 Å². The first-order chi connectivity index (χ1) is 5.20. The molecule has 0 aromatic heterocycles. The molecule has 0 aliphatic carbocycles. The Balaban J connectivity index is 3.19. The summed E-state index contributed by atoms with van der Waals surface area (Å²) < 4.78 is 0. The standard InChI is InChI=1S/C10H20S/c1-5-9(3)7-8-11-10(4)6-2/h5,9-10H,1,6-8H2,2-4H3. The minimum atomic E-state index is 0.687. The highest BCUT2D eigenvalue weighted by Crippen LogP contribution is 2.17. The Morgan fingerprint density at radius 3 is 2.55 bits per heavy atom. The average molecular weight is 172 g/mol. The molecule has 0 saturated heterocycles. The molecule has 2 atom stereocenters.